The maximum atomic E-state index is 14.0. The van der Waals surface area contributed by atoms with Gasteiger partial charge in [-0.15, -0.1) is 0 Å². The summed E-state index contributed by atoms with van der Waals surface area (Å²) in [5, 5.41) is 2.94. The van der Waals surface area contributed by atoms with Crippen LogP contribution in [0.4, 0.5) is 19.3 Å². The van der Waals surface area contributed by atoms with E-state index in [0.717, 1.165) is 0 Å². The number of nitrogens with one attached hydrogen (secondary N) is 1. The first kappa shape index (κ1) is 17.5. The molecule has 23 heavy (non-hydrogen) atoms. The summed E-state index contributed by atoms with van der Waals surface area (Å²) in [6, 6.07) is 2.61. The molecule has 1 aliphatic heterocycles. The molecule has 0 aromatic heterocycles. The molecule has 0 atom stereocenters. The molecule has 6 heteroatoms. The van der Waals surface area contributed by atoms with Gasteiger partial charge < -0.3 is 15.0 Å². The molecule has 0 aliphatic carbocycles. The molecule has 0 saturated carbocycles. The summed E-state index contributed by atoms with van der Waals surface area (Å²) in [6.45, 7) is 8.07. The second kappa shape index (κ2) is 6.72. The van der Waals surface area contributed by atoms with E-state index in [1.165, 1.54) is 12.1 Å². The molecule has 128 valence electrons. The first-order valence-corrected chi connectivity index (χ1v) is 7.86. The number of piperidine rings is 1. The minimum atomic E-state index is -0.595. The third kappa shape index (κ3) is 4.56. The maximum absolute atomic E-state index is 14.0. The molecule has 0 bridgehead atoms. The minimum Gasteiger partial charge on any atom is -0.444 e. The molecule has 0 unspecified atom stereocenters. The van der Waals surface area contributed by atoms with Crippen LogP contribution < -0.4 is 5.32 Å². The maximum Gasteiger partial charge on any atom is 0.410 e. The molecule has 1 heterocycles. The first-order valence-electron chi connectivity index (χ1n) is 7.86. The number of likely N-dealkylation sites (tertiary alicyclic amines) is 1. The van der Waals surface area contributed by atoms with Crippen LogP contribution in [0.1, 0.15) is 39.2 Å². The lowest BCUT2D eigenvalue weighted by atomic mass is 10.0. The number of benzene rings is 1. The highest BCUT2D eigenvalue weighted by molar-refractivity contribution is 5.68. The number of nitrogens with zero attached hydrogens (tertiary/aromatic N) is 1. The molecule has 1 aromatic carbocycles. The summed E-state index contributed by atoms with van der Waals surface area (Å²) < 4.78 is 33.1. The summed E-state index contributed by atoms with van der Waals surface area (Å²) in [7, 11) is 0. The minimum absolute atomic E-state index is 0.0699. The lowest BCUT2D eigenvalue weighted by Gasteiger charge is -2.34. The zero-order chi connectivity index (χ0) is 17.2. The number of aryl methyl sites for hydroxylation is 1. The number of halogens is 2. The Morgan fingerprint density at radius 1 is 1.26 bits per heavy atom. The summed E-state index contributed by atoms with van der Waals surface area (Å²) in [5.41, 5.74) is -0.208. The largest absolute Gasteiger partial charge is 0.444 e. The fourth-order valence-electron chi connectivity index (χ4n) is 2.53. The number of rotatable bonds is 2. The summed E-state index contributed by atoms with van der Waals surface area (Å²) >= 11 is 0. The van der Waals surface area contributed by atoms with Gasteiger partial charge in [-0.25, -0.2) is 13.6 Å². The van der Waals surface area contributed by atoms with Crippen LogP contribution in [0.3, 0.4) is 0 Å². The van der Waals surface area contributed by atoms with E-state index in [1.807, 2.05) is 20.8 Å². The highest BCUT2D eigenvalue weighted by Gasteiger charge is 2.27. The highest BCUT2D eigenvalue weighted by Crippen LogP contribution is 2.25. The Labute approximate surface area is 135 Å². The van der Waals surface area contributed by atoms with E-state index in [4.69, 9.17) is 4.74 Å². The zero-order valence-electron chi connectivity index (χ0n) is 14.1. The second-order valence-corrected chi connectivity index (χ2v) is 6.94. The van der Waals surface area contributed by atoms with Gasteiger partial charge in [0.1, 0.15) is 17.1 Å². The van der Waals surface area contributed by atoms with Crippen LogP contribution in [-0.2, 0) is 4.74 Å². The fraction of sp³-hybridized carbons (Fsp3) is 0.588. The van der Waals surface area contributed by atoms with Crippen molar-refractivity contribution in [3.63, 3.8) is 0 Å². The fourth-order valence-corrected chi connectivity index (χ4v) is 2.53. The van der Waals surface area contributed by atoms with Gasteiger partial charge in [-0.2, -0.15) is 0 Å². The van der Waals surface area contributed by atoms with Gasteiger partial charge in [0.05, 0.1) is 0 Å². The van der Waals surface area contributed by atoms with Crippen LogP contribution >= 0.6 is 0 Å². The summed E-state index contributed by atoms with van der Waals surface area (Å²) in [5.74, 6) is -1.15. The Morgan fingerprint density at radius 3 is 2.43 bits per heavy atom. The molecule has 1 N–H and O–H groups in total. The lowest BCUT2D eigenvalue weighted by Crippen LogP contribution is -2.44. The predicted octanol–water partition coefficient (Wildman–Crippen LogP) is 4.08. The van der Waals surface area contributed by atoms with E-state index >= 15 is 0 Å². The molecular weight excluding hydrogens is 302 g/mol. The van der Waals surface area contributed by atoms with Gasteiger partial charge in [-0.05, 0) is 52.2 Å². The van der Waals surface area contributed by atoms with Crippen molar-refractivity contribution in [2.45, 2.75) is 52.2 Å². The molecule has 0 radical (unpaired) electrons. The third-order valence-corrected chi connectivity index (χ3v) is 3.78. The predicted molar refractivity (Wildman–Crippen MR) is 85.5 cm³/mol. The highest BCUT2D eigenvalue weighted by atomic mass is 19.1. The van der Waals surface area contributed by atoms with Crippen LogP contribution in [0.25, 0.3) is 0 Å². The molecule has 2 rings (SSSR count). The van der Waals surface area contributed by atoms with Crippen LogP contribution in [0.5, 0.6) is 0 Å². The molecule has 4 nitrogen and oxygen atoms in total. The Bertz CT molecular complexity index is 577. The van der Waals surface area contributed by atoms with Gasteiger partial charge in [0.2, 0.25) is 0 Å². The van der Waals surface area contributed by atoms with Crippen LogP contribution in [0, 0.1) is 18.6 Å². The van der Waals surface area contributed by atoms with Crippen molar-refractivity contribution in [3.05, 3.63) is 29.3 Å². The van der Waals surface area contributed by atoms with Gasteiger partial charge in [-0.1, -0.05) is 6.07 Å². The van der Waals surface area contributed by atoms with Crippen molar-refractivity contribution in [3.8, 4) is 0 Å². The van der Waals surface area contributed by atoms with E-state index in [2.05, 4.69) is 5.32 Å². The van der Waals surface area contributed by atoms with Crippen LogP contribution in [0.15, 0.2) is 12.1 Å². The number of anilines is 1. The number of ether oxygens (including phenoxy) is 1. The van der Waals surface area contributed by atoms with Gasteiger partial charge in [0, 0.05) is 19.1 Å². The Hall–Kier alpha value is -1.85. The van der Waals surface area contributed by atoms with Crippen molar-refractivity contribution < 1.29 is 18.3 Å². The average molecular weight is 326 g/mol. The Morgan fingerprint density at radius 2 is 1.87 bits per heavy atom. The van der Waals surface area contributed by atoms with Crippen molar-refractivity contribution in [1.29, 1.82) is 0 Å². The summed E-state index contributed by atoms with van der Waals surface area (Å²) in [6.07, 6.45) is 0.891. The number of amides is 1. The smallest absolute Gasteiger partial charge is 0.410 e. The van der Waals surface area contributed by atoms with E-state index in [-0.39, 0.29) is 17.8 Å². The van der Waals surface area contributed by atoms with Crippen molar-refractivity contribution in [2.75, 3.05) is 18.4 Å². The average Bonchev–Trinajstić information content (AvgIpc) is 2.46. The van der Waals surface area contributed by atoms with Gasteiger partial charge in [0.15, 0.2) is 5.82 Å². The lowest BCUT2D eigenvalue weighted by molar-refractivity contribution is 0.0210. The molecular formula is C17H24F2N2O2. The van der Waals surface area contributed by atoms with E-state index in [9.17, 15) is 13.6 Å². The Balaban J connectivity index is 1.93. The van der Waals surface area contributed by atoms with Gasteiger partial charge in [-0.3, -0.25) is 0 Å². The van der Waals surface area contributed by atoms with Gasteiger partial charge in [0.25, 0.3) is 0 Å². The van der Waals surface area contributed by atoms with Crippen molar-refractivity contribution in [1.82, 2.24) is 4.90 Å². The van der Waals surface area contributed by atoms with Crippen molar-refractivity contribution >= 4 is 11.8 Å². The number of hydrogen-bond acceptors (Lipinski definition) is 3. The van der Waals surface area contributed by atoms with E-state index in [1.54, 1.807) is 11.8 Å². The zero-order valence-corrected chi connectivity index (χ0v) is 14.1. The first-order chi connectivity index (χ1) is 10.7. The topological polar surface area (TPSA) is 41.6 Å². The van der Waals surface area contributed by atoms with Gasteiger partial charge >= 0.3 is 6.09 Å². The molecule has 1 amide bonds. The third-order valence-electron chi connectivity index (χ3n) is 3.78. The molecule has 1 saturated heterocycles. The number of carbonyl (C=O) groups is 1. The number of carbonyl (C=O) groups excluding carboxylic acids is 1. The normalized spacial score (nSPS) is 16.3. The number of hydrogen-bond donors (Lipinski definition) is 1. The molecule has 1 fully saturated rings. The standard InChI is InChI=1S/C17H24F2N2O2/c1-11-5-6-13(18)15(14(11)19)20-12-7-9-21(10-8-12)16(22)23-17(2,3)4/h5-6,12,20H,7-10H2,1-4H3. The van der Waals surface area contributed by atoms with Crippen LogP contribution in [0.2, 0.25) is 0 Å². The Kier molecular flexibility index (Phi) is 5.12. The molecule has 1 aliphatic rings. The van der Waals surface area contributed by atoms with E-state index < -0.39 is 17.2 Å². The monoisotopic (exact) mass is 326 g/mol. The summed E-state index contributed by atoms with van der Waals surface area (Å²) in [4.78, 5) is 13.6. The van der Waals surface area contributed by atoms with Crippen molar-refractivity contribution in [2.24, 2.45) is 0 Å². The molecule has 1 aromatic rings. The SMILES string of the molecule is Cc1ccc(F)c(NC2CCN(C(=O)OC(C)(C)C)CC2)c1F. The van der Waals surface area contributed by atoms with Crippen LogP contribution in [-0.4, -0.2) is 35.7 Å². The molecule has 0 spiro atoms. The quantitative estimate of drug-likeness (QED) is 0.890. The second-order valence-electron chi connectivity index (χ2n) is 6.94. The van der Waals surface area contributed by atoms with E-state index in [0.29, 0.717) is 31.5 Å².